The van der Waals surface area contributed by atoms with Gasteiger partial charge in [0.15, 0.2) is 0 Å². The summed E-state index contributed by atoms with van der Waals surface area (Å²) in [5.74, 6) is 0.531. The number of hydrogen-bond donors (Lipinski definition) is 1. The van der Waals surface area contributed by atoms with Crippen LogP contribution in [-0.2, 0) is 0 Å². The van der Waals surface area contributed by atoms with E-state index in [-0.39, 0.29) is 6.03 Å². The summed E-state index contributed by atoms with van der Waals surface area (Å²) in [7, 11) is 6.86. The van der Waals surface area contributed by atoms with Crippen LogP contribution in [0.25, 0.3) is 0 Å². The van der Waals surface area contributed by atoms with E-state index < -0.39 is 0 Å². The molecular formula is C14H22N4O. The largest absolute Gasteiger partial charge is 0.359 e. The molecule has 0 aliphatic rings. The minimum absolute atomic E-state index is 0.132. The highest BCUT2D eigenvalue weighted by Crippen LogP contribution is 2.24. The Morgan fingerprint density at radius 3 is 2.16 bits per heavy atom. The fourth-order valence-corrected chi connectivity index (χ4v) is 2.18. The molecule has 0 aliphatic carbocycles. The average molecular weight is 262 g/mol. The molecule has 2 amide bonds. The normalized spacial score (nSPS) is 11.2. The summed E-state index contributed by atoms with van der Waals surface area (Å²) in [5, 5.41) is 2.90. The SMILES string of the molecule is C/N=C(\NC)N(C)C(=O)N(C)c1c(C)cccc1C. The van der Waals surface area contributed by atoms with Crippen LogP contribution in [0.15, 0.2) is 23.2 Å². The molecule has 0 fully saturated rings. The number of benzene rings is 1. The number of guanidine groups is 1. The third-order valence-electron chi connectivity index (χ3n) is 3.10. The Kier molecular flexibility index (Phi) is 4.92. The van der Waals surface area contributed by atoms with Crippen LogP contribution >= 0.6 is 0 Å². The van der Waals surface area contributed by atoms with Crippen molar-refractivity contribution in [1.29, 1.82) is 0 Å². The van der Waals surface area contributed by atoms with E-state index in [0.29, 0.717) is 5.96 Å². The lowest BCUT2D eigenvalue weighted by Crippen LogP contribution is -2.47. The third-order valence-corrected chi connectivity index (χ3v) is 3.10. The van der Waals surface area contributed by atoms with Gasteiger partial charge in [0, 0.05) is 28.2 Å². The van der Waals surface area contributed by atoms with Gasteiger partial charge in [0.25, 0.3) is 0 Å². The molecule has 0 unspecified atom stereocenters. The second-order valence-corrected chi connectivity index (χ2v) is 4.44. The number of rotatable bonds is 1. The van der Waals surface area contributed by atoms with E-state index >= 15 is 0 Å². The maximum absolute atomic E-state index is 12.4. The Hall–Kier alpha value is -2.04. The summed E-state index contributed by atoms with van der Waals surface area (Å²) in [5.41, 5.74) is 3.08. The Bertz CT molecular complexity index is 476. The summed E-state index contributed by atoms with van der Waals surface area (Å²) in [6.07, 6.45) is 0. The zero-order valence-electron chi connectivity index (χ0n) is 12.5. The minimum Gasteiger partial charge on any atom is -0.359 e. The fraction of sp³-hybridized carbons (Fsp3) is 0.429. The number of para-hydroxylation sites is 1. The predicted octanol–water partition coefficient (Wildman–Crippen LogP) is 2.00. The molecule has 0 radical (unpaired) electrons. The van der Waals surface area contributed by atoms with Crippen molar-refractivity contribution in [2.24, 2.45) is 4.99 Å². The molecule has 0 spiro atoms. The van der Waals surface area contributed by atoms with E-state index in [4.69, 9.17) is 0 Å². The van der Waals surface area contributed by atoms with Crippen LogP contribution in [0.1, 0.15) is 11.1 Å². The number of amides is 2. The van der Waals surface area contributed by atoms with Crippen molar-refractivity contribution < 1.29 is 4.79 Å². The molecule has 0 saturated heterocycles. The Balaban J connectivity index is 3.07. The number of hydrogen-bond acceptors (Lipinski definition) is 2. The molecule has 1 aromatic rings. The first-order valence-corrected chi connectivity index (χ1v) is 6.16. The first-order valence-electron chi connectivity index (χ1n) is 6.16. The van der Waals surface area contributed by atoms with E-state index in [0.717, 1.165) is 16.8 Å². The van der Waals surface area contributed by atoms with E-state index in [1.54, 1.807) is 33.1 Å². The fourth-order valence-electron chi connectivity index (χ4n) is 2.18. The van der Waals surface area contributed by atoms with Crippen LogP contribution in [0.5, 0.6) is 0 Å². The zero-order valence-corrected chi connectivity index (χ0v) is 12.5. The molecule has 5 heteroatoms. The van der Waals surface area contributed by atoms with Crippen molar-refractivity contribution >= 4 is 17.7 Å². The molecule has 0 heterocycles. The van der Waals surface area contributed by atoms with Crippen molar-refractivity contribution in [3.63, 3.8) is 0 Å². The number of anilines is 1. The molecule has 5 nitrogen and oxygen atoms in total. The van der Waals surface area contributed by atoms with Crippen molar-refractivity contribution in [3.05, 3.63) is 29.3 Å². The van der Waals surface area contributed by atoms with Gasteiger partial charge >= 0.3 is 6.03 Å². The van der Waals surface area contributed by atoms with Gasteiger partial charge in [-0.25, -0.2) is 4.79 Å². The van der Waals surface area contributed by atoms with Crippen LogP contribution in [0.3, 0.4) is 0 Å². The summed E-state index contributed by atoms with van der Waals surface area (Å²) in [6, 6.07) is 5.85. The van der Waals surface area contributed by atoms with Gasteiger partial charge in [0.1, 0.15) is 0 Å². The van der Waals surface area contributed by atoms with Gasteiger partial charge in [-0.3, -0.25) is 14.8 Å². The highest BCUT2D eigenvalue weighted by Gasteiger charge is 2.21. The summed E-state index contributed by atoms with van der Waals surface area (Å²) in [4.78, 5) is 19.6. The molecule has 104 valence electrons. The number of aliphatic imine (C=N–C) groups is 1. The van der Waals surface area contributed by atoms with Crippen LogP contribution in [-0.4, -0.2) is 45.1 Å². The predicted molar refractivity (Wildman–Crippen MR) is 79.9 cm³/mol. The summed E-state index contributed by atoms with van der Waals surface area (Å²) in [6.45, 7) is 4.00. The zero-order chi connectivity index (χ0) is 14.6. The lowest BCUT2D eigenvalue weighted by Gasteiger charge is -2.27. The third kappa shape index (κ3) is 3.05. The Morgan fingerprint density at radius 2 is 1.74 bits per heavy atom. The number of aryl methyl sites for hydroxylation is 2. The molecule has 0 aliphatic heterocycles. The number of nitrogens with zero attached hydrogens (tertiary/aromatic N) is 3. The smallest absolute Gasteiger partial charge is 0.330 e. The van der Waals surface area contributed by atoms with Crippen molar-refractivity contribution in [1.82, 2.24) is 10.2 Å². The van der Waals surface area contributed by atoms with Gasteiger partial charge in [0.05, 0.1) is 5.69 Å². The van der Waals surface area contributed by atoms with Crippen molar-refractivity contribution in [3.8, 4) is 0 Å². The van der Waals surface area contributed by atoms with E-state index in [1.807, 2.05) is 32.0 Å². The molecule has 0 bridgehead atoms. The second kappa shape index (κ2) is 6.22. The molecule has 0 saturated carbocycles. The molecule has 0 aromatic heterocycles. The molecular weight excluding hydrogens is 240 g/mol. The minimum atomic E-state index is -0.132. The molecule has 1 aromatic carbocycles. The van der Waals surface area contributed by atoms with Crippen molar-refractivity contribution in [2.45, 2.75) is 13.8 Å². The molecule has 1 rings (SSSR count). The summed E-state index contributed by atoms with van der Waals surface area (Å²) >= 11 is 0. The van der Waals surface area contributed by atoms with Crippen molar-refractivity contribution in [2.75, 3.05) is 33.1 Å². The molecule has 0 atom stereocenters. The summed E-state index contributed by atoms with van der Waals surface area (Å²) < 4.78 is 0. The monoisotopic (exact) mass is 262 g/mol. The van der Waals surface area contributed by atoms with Crippen LogP contribution in [0.2, 0.25) is 0 Å². The molecule has 1 N–H and O–H groups in total. The number of carbonyl (C=O) groups is 1. The standard InChI is InChI=1S/C14H22N4O/c1-10-8-7-9-11(2)12(10)17(5)14(19)18(6)13(15-3)16-4/h7-9H,1-6H3,(H,15,16). The highest BCUT2D eigenvalue weighted by atomic mass is 16.2. The maximum atomic E-state index is 12.4. The average Bonchev–Trinajstić information content (AvgIpc) is 2.38. The number of carbonyl (C=O) groups excluding carboxylic acids is 1. The van der Waals surface area contributed by atoms with Gasteiger partial charge in [-0.05, 0) is 25.0 Å². The molecule has 19 heavy (non-hydrogen) atoms. The van der Waals surface area contributed by atoms with Gasteiger partial charge in [-0.1, -0.05) is 18.2 Å². The Morgan fingerprint density at radius 1 is 1.21 bits per heavy atom. The van der Waals surface area contributed by atoms with Gasteiger partial charge < -0.3 is 5.32 Å². The van der Waals surface area contributed by atoms with E-state index in [2.05, 4.69) is 10.3 Å². The van der Waals surface area contributed by atoms with Crippen LogP contribution in [0.4, 0.5) is 10.5 Å². The number of nitrogens with one attached hydrogen (secondary N) is 1. The van der Waals surface area contributed by atoms with Crippen LogP contribution < -0.4 is 10.2 Å². The Labute approximate surface area is 114 Å². The second-order valence-electron chi connectivity index (χ2n) is 4.44. The highest BCUT2D eigenvalue weighted by molar-refractivity contribution is 6.03. The van der Waals surface area contributed by atoms with Gasteiger partial charge in [0.2, 0.25) is 5.96 Å². The maximum Gasteiger partial charge on any atom is 0.330 e. The van der Waals surface area contributed by atoms with Crippen LogP contribution in [0, 0.1) is 13.8 Å². The van der Waals surface area contributed by atoms with Gasteiger partial charge in [-0.15, -0.1) is 0 Å². The van der Waals surface area contributed by atoms with E-state index in [9.17, 15) is 4.79 Å². The number of urea groups is 1. The lowest BCUT2D eigenvalue weighted by molar-refractivity contribution is 0.233. The first kappa shape index (κ1) is 15.0. The first-order chi connectivity index (χ1) is 8.93. The quantitative estimate of drug-likeness (QED) is 0.621. The topological polar surface area (TPSA) is 47.9 Å². The lowest BCUT2D eigenvalue weighted by atomic mass is 10.1. The van der Waals surface area contributed by atoms with Gasteiger partial charge in [-0.2, -0.15) is 0 Å². The van der Waals surface area contributed by atoms with E-state index in [1.165, 1.54) is 4.90 Å².